The van der Waals surface area contributed by atoms with Crippen molar-refractivity contribution in [3.8, 4) is 0 Å². The molecule has 3 rings (SSSR count). The lowest BCUT2D eigenvalue weighted by Gasteiger charge is -2.48. The maximum absolute atomic E-state index is 7.42. The summed E-state index contributed by atoms with van der Waals surface area (Å²) < 4.78 is 21.5. The summed E-state index contributed by atoms with van der Waals surface area (Å²) in [4.78, 5) is 0. The highest BCUT2D eigenvalue weighted by molar-refractivity contribution is 6.75. The fourth-order valence-corrected chi connectivity index (χ4v) is 12.1. The smallest absolute Gasteiger partial charge is 0.192 e. The quantitative estimate of drug-likeness (QED) is 0.120. The van der Waals surface area contributed by atoms with Gasteiger partial charge in [-0.3, -0.25) is 0 Å². The Kier molecular flexibility index (Phi) is 13.7. The van der Waals surface area contributed by atoms with Crippen LogP contribution in [0.4, 0.5) is 0 Å². The van der Waals surface area contributed by atoms with Crippen LogP contribution in [0, 0.1) is 22.7 Å². The standard InChI is InChI=1S/C44H84O3Si3/c1-20-43(11,12)39-28-27-36-34(23-21-29-44(36,39)13)26-25-33-31-37(46-49(16,17)41(5,6)7)35(24-22-30-45-48(14,15)40(2,3)4)38(32-33)47-50(18,19)42(8,9)10/h24-26,36-39H,20-23,27-32H2,1-19H3/b33-25?,34-26+,35-24?/t36?,37-,38-,39?,44+/m1/s1. The molecule has 2 unspecified atom stereocenters. The maximum Gasteiger partial charge on any atom is 0.192 e. The Morgan fingerprint density at radius 1 is 0.720 bits per heavy atom. The van der Waals surface area contributed by atoms with Gasteiger partial charge in [-0.05, 0) is 134 Å². The van der Waals surface area contributed by atoms with Crippen molar-refractivity contribution >= 4 is 25.0 Å². The predicted octanol–water partition coefficient (Wildman–Crippen LogP) is 14.4. The minimum atomic E-state index is -2.06. The summed E-state index contributed by atoms with van der Waals surface area (Å²) in [6.07, 6.45) is 18.6. The van der Waals surface area contributed by atoms with Crippen LogP contribution < -0.4 is 0 Å². The van der Waals surface area contributed by atoms with Crippen molar-refractivity contribution in [2.75, 3.05) is 6.61 Å². The summed E-state index contributed by atoms with van der Waals surface area (Å²) in [5, 5.41) is 0.490. The zero-order valence-electron chi connectivity index (χ0n) is 36.8. The van der Waals surface area contributed by atoms with Gasteiger partial charge < -0.3 is 13.3 Å². The van der Waals surface area contributed by atoms with Crippen molar-refractivity contribution in [2.45, 2.75) is 214 Å². The highest BCUT2D eigenvalue weighted by atomic mass is 28.4. The third kappa shape index (κ3) is 9.89. The molecule has 3 aliphatic carbocycles. The lowest BCUT2D eigenvalue weighted by molar-refractivity contribution is 0.0435. The molecule has 290 valence electrons. The molecule has 0 spiro atoms. The van der Waals surface area contributed by atoms with E-state index in [9.17, 15) is 0 Å². The van der Waals surface area contributed by atoms with Gasteiger partial charge in [-0.15, -0.1) is 0 Å². The molecule has 0 heterocycles. The molecule has 0 aromatic heterocycles. The Labute approximate surface area is 315 Å². The Balaban J connectivity index is 2.05. The van der Waals surface area contributed by atoms with Crippen LogP contribution in [0.5, 0.6) is 0 Å². The number of hydrogen-bond acceptors (Lipinski definition) is 3. The van der Waals surface area contributed by atoms with Crippen molar-refractivity contribution in [3.63, 3.8) is 0 Å². The van der Waals surface area contributed by atoms with E-state index in [1.54, 1.807) is 5.57 Å². The fraction of sp³-hybridized carbons (Fsp3) is 0.864. The van der Waals surface area contributed by atoms with E-state index >= 15 is 0 Å². The highest BCUT2D eigenvalue weighted by Crippen LogP contribution is 2.62. The summed E-state index contributed by atoms with van der Waals surface area (Å²) in [6.45, 7) is 46.5. The molecule has 6 heteroatoms. The predicted molar refractivity (Wildman–Crippen MR) is 228 cm³/mol. The minimum Gasteiger partial charge on any atom is -0.417 e. The SMILES string of the molecule is CCC(C)(C)C1CCC2/C(=C/C=C3C[C@@H](O[Si](C)(C)C(C)(C)C)C(=CCCO[Si](C)(C)C(C)(C)C)[C@H](O[Si](C)(C)C(C)(C)C)C3)CCC[C@@]21C. The normalized spacial score (nSPS) is 28.7. The van der Waals surface area contributed by atoms with E-state index in [1.165, 1.54) is 49.7 Å². The average molecular weight is 745 g/mol. The van der Waals surface area contributed by atoms with Gasteiger partial charge in [0.1, 0.15) is 0 Å². The van der Waals surface area contributed by atoms with E-state index < -0.39 is 25.0 Å². The second-order valence-electron chi connectivity index (χ2n) is 22.2. The van der Waals surface area contributed by atoms with Gasteiger partial charge in [0.15, 0.2) is 25.0 Å². The zero-order valence-corrected chi connectivity index (χ0v) is 39.8. The molecule has 0 aromatic rings. The lowest BCUT2D eigenvalue weighted by Crippen LogP contribution is -2.50. The largest absolute Gasteiger partial charge is 0.417 e. The number of fused-ring (bicyclic) bond motifs is 1. The van der Waals surface area contributed by atoms with E-state index in [4.69, 9.17) is 13.3 Å². The molecule has 3 fully saturated rings. The molecule has 0 amide bonds. The molecular formula is C44H84O3Si3. The van der Waals surface area contributed by atoms with Crippen LogP contribution >= 0.6 is 0 Å². The Bertz CT molecular complexity index is 1210. The number of rotatable bonds is 11. The van der Waals surface area contributed by atoms with E-state index in [0.717, 1.165) is 37.7 Å². The summed E-state index contributed by atoms with van der Waals surface area (Å²) in [6, 6.07) is 0. The van der Waals surface area contributed by atoms with E-state index in [0.29, 0.717) is 10.8 Å². The molecule has 0 radical (unpaired) electrons. The van der Waals surface area contributed by atoms with Gasteiger partial charge in [0, 0.05) is 6.61 Å². The van der Waals surface area contributed by atoms with E-state index in [1.807, 2.05) is 0 Å². The molecular weight excluding hydrogens is 661 g/mol. The Morgan fingerprint density at radius 2 is 1.22 bits per heavy atom. The Hall–Kier alpha value is -0.249. The molecule has 0 bridgehead atoms. The molecule has 0 saturated heterocycles. The van der Waals surface area contributed by atoms with Crippen LogP contribution in [0.15, 0.2) is 34.9 Å². The van der Waals surface area contributed by atoms with Gasteiger partial charge in [0.25, 0.3) is 0 Å². The van der Waals surface area contributed by atoms with Crippen molar-refractivity contribution in [1.82, 2.24) is 0 Å². The average Bonchev–Trinajstić information content (AvgIpc) is 3.31. The van der Waals surface area contributed by atoms with Gasteiger partial charge >= 0.3 is 0 Å². The van der Waals surface area contributed by atoms with Crippen molar-refractivity contribution in [2.24, 2.45) is 22.7 Å². The summed E-state index contributed by atoms with van der Waals surface area (Å²) in [7, 11) is -5.93. The fourth-order valence-electron chi connectivity index (χ4n) is 8.44. The molecule has 3 saturated carbocycles. The zero-order chi connectivity index (χ0) is 38.4. The minimum absolute atomic E-state index is 0.0507. The second-order valence-corrected chi connectivity index (χ2v) is 36.5. The first-order valence-corrected chi connectivity index (χ1v) is 29.3. The van der Waals surface area contributed by atoms with Crippen molar-refractivity contribution in [1.29, 1.82) is 0 Å². The van der Waals surface area contributed by atoms with Crippen LogP contribution in [-0.4, -0.2) is 43.8 Å². The van der Waals surface area contributed by atoms with E-state index in [-0.39, 0.29) is 27.3 Å². The molecule has 0 aliphatic heterocycles. The Morgan fingerprint density at radius 3 is 1.68 bits per heavy atom. The van der Waals surface area contributed by atoms with Crippen LogP contribution in [0.3, 0.4) is 0 Å². The monoisotopic (exact) mass is 745 g/mol. The summed E-state index contributed by atoms with van der Waals surface area (Å²) in [5.41, 5.74) is 5.45. The molecule has 0 aromatic carbocycles. The molecule has 50 heavy (non-hydrogen) atoms. The van der Waals surface area contributed by atoms with Gasteiger partial charge in [0.05, 0.1) is 12.2 Å². The van der Waals surface area contributed by atoms with Crippen molar-refractivity contribution < 1.29 is 13.3 Å². The lowest BCUT2D eigenvalue weighted by atomic mass is 9.57. The van der Waals surface area contributed by atoms with Gasteiger partial charge in [-0.2, -0.15) is 0 Å². The highest BCUT2D eigenvalue weighted by Gasteiger charge is 2.53. The third-order valence-corrected chi connectivity index (χ3v) is 28.8. The van der Waals surface area contributed by atoms with E-state index in [2.05, 4.69) is 148 Å². The van der Waals surface area contributed by atoms with Gasteiger partial charge in [-0.1, -0.05) is 126 Å². The number of hydrogen-bond donors (Lipinski definition) is 0. The maximum atomic E-state index is 7.42. The van der Waals surface area contributed by atoms with Crippen LogP contribution in [-0.2, 0) is 13.3 Å². The molecule has 3 aliphatic rings. The van der Waals surface area contributed by atoms with Gasteiger partial charge in [-0.25, -0.2) is 0 Å². The number of allylic oxidation sites excluding steroid dienone is 3. The first-order chi connectivity index (χ1) is 22.5. The van der Waals surface area contributed by atoms with Crippen LogP contribution in [0.1, 0.15) is 148 Å². The third-order valence-electron chi connectivity index (χ3n) is 15.2. The first-order valence-electron chi connectivity index (χ1n) is 20.6. The summed E-state index contributed by atoms with van der Waals surface area (Å²) >= 11 is 0. The van der Waals surface area contributed by atoms with Crippen molar-refractivity contribution in [3.05, 3.63) is 34.9 Å². The topological polar surface area (TPSA) is 27.7 Å². The first kappa shape index (κ1) is 44.1. The molecule has 3 nitrogen and oxygen atoms in total. The molecule has 0 N–H and O–H groups in total. The van der Waals surface area contributed by atoms with Crippen LogP contribution in [0.2, 0.25) is 54.4 Å². The van der Waals surface area contributed by atoms with Crippen LogP contribution in [0.25, 0.3) is 0 Å². The summed E-state index contributed by atoms with van der Waals surface area (Å²) in [5.74, 6) is 1.54. The second kappa shape index (κ2) is 15.5. The van der Waals surface area contributed by atoms with Gasteiger partial charge in [0.2, 0.25) is 0 Å². The molecule has 5 atom stereocenters.